The Kier molecular flexibility index (Phi) is 6.29. The first kappa shape index (κ1) is 21.8. The summed E-state index contributed by atoms with van der Waals surface area (Å²) in [6.07, 6.45) is 2.80. The van der Waals surface area contributed by atoms with Crippen molar-refractivity contribution in [2.75, 3.05) is 37.6 Å². The number of piperidine rings is 1. The largest absolute Gasteiger partial charge is 0.368 e. The highest BCUT2D eigenvalue weighted by Gasteiger charge is 2.31. The molecule has 2 aliphatic heterocycles. The summed E-state index contributed by atoms with van der Waals surface area (Å²) in [4.78, 5) is 17.0. The van der Waals surface area contributed by atoms with Crippen molar-refractivity contribution in [2.24, 2.45) is 0 Å². The first-order valence-electron chi connectivity index (χ1n) is 10.8. The Bertz CT molecular complexity index is 1020. The minimum atomic E-state index is -3.54. The van der Waals surface area contributed by atoms with Gasteiger partial charge in [0.1, 0.15) is 5.82 Å². The van der Waals surface area contributed by atoms with Gasteiger partial charge >= 0.3 is 0 Å². The van der Waals surface area contributed by atoms with Gasteiger partial charge in [-0.1, -0.05) is 6.42 Å². The zero-order valence-corrected chi connectivity index (χ0v) is 18.5. The van der Waals surface area contributed by atoms with Crippen LogP contribution < -0.4 is 4.90 Å². The standard InChI is InChI=1S/C23H28FN3O3S/c1-18-4-2-3-13-27(18)31(29,30)22-11-5-19(6-12-22)23(28)26-16-14-25(15-17-26)21-9-7-20(24)8-10-21/h5-12,18H,2-4,13-17H2,1H3. The number of rotatable bonds is 4. The van der Waals surface area contributed by atoms with Gasteiger partial charge in [-0.25, -0.2) is 12.8 Å². The molecule has 4 rings (SSSR count). The fraction of sp³-hybridized carbons (Fsp3) is 0.435. The normalized spacial score (nSPS) is 20.6. The van der Waals surface area contributed by atoms with Gasteiger partial charge < -0.3 is 9.80 Å². The molecule has 2 aromatic rings. The van der Waals surface area contributed by atoms with Gasteiger partial charge in [0.05, 0.1) is 4.90 Å². The van der Waals surface area contributed by atoms with Crippen LogP contribution in [0.25, 0.3) is 0 Å². The zero-order chi connectivity index (χ0) is 22.0. The van der Waals surface area contributed by atoms with E-state index in [1.54, 1.807) is 45.6 Å². The molecule has 166 valence electrons. The topological polar surface area (TPSA) is 60.9 Å². The van der Waals surface area contributed by atoms with Crippen LogP contribution in [0, 0.1) is 5.82 Å². The quantitative estimate of drug-likeness (QED) is 0.724. The first-order valence-corrected chi connectivity index (χ1v) is 12.2. The van der Waals surface area contributed by atoms with Crippen LogP contribution in [0.4, 0.5) is 10.1 Å². The van der Waals surface area contributed by atoms with Gasteiger partial charge in [-0.15, -0.1) is 0 Å². The van der Waals surface area contributed by atoms with Gasteiger partial charge in [0.15, 0.2) is 0 Å². The molecule has 2 heterocycles. The summed E-state index contributed by atoms with van der Waals surface area (Å²) in [7, 11) is -3.54. The highest BCUT2D eigenvalue weighted by molar-refractivity contribution is 7.89. The zero-order valence-electron chi connectivity index (χ0n) is 17.7. The lowest BCUT2D eigenvalue weighted by Gasteiger charge is -2.36. The predicted molar refractivity (Wildman–Crippen MR) is 118 cm³/mol. The van der Waals surface area contributed by atoms with E-state index in [1.807, 2.05) is 6.92 Å². The smallest absolute Gasteiger partial charge is 0.253 e. The second kappa shape index (κ2) is 8.96. The Morgan fingerprint density at radius 1 is 0.903 bits per heavy atom. The predicted octanol–water partition coefficient (Wildman–Crippen LogP) is 3.35. The minimum Gasteiger partial charge on any atom is -0.368 e. The fourth-order valence-electron chi connectivity index (χ4n) is 4.34. The third-order valence-electron chi connectivity index (χ3n) is 6.21. The number of sulfonamides is 1. The highest BCUT2D eigenvalue weighted by Crippen LogP contribution is 2.25. The Balaban J connectivity index is 1.40. The molecule has 2 fully saturated rings. The average Bonchev–Trinajstić information content (AvgIpc) is 2.79. The lowest BCUT2D eigenvalue weighted by molar-refractivity contribution is 0.0746. The maximum Gasteiger partial charge on any atom is 0.253 e. The maximum atomic E-state index is 13.1. The molecule has 2 aromatic carbocycles. The molecule has 8 heteroatoms. The van der Waals surface area contributed by atoms with E-state index >= 15 is 0 Å². The molecule has 6 nitrogen and oxygen atoms in total. The number of halogens is 1. The van der Waals surface area contributed by atoms with Gasteiger partial charge in [-0.3, -0.25) is 4.79 Å². The fourth-order valence-corrected chi connectivity index (χ4v) is 6.04. The van der Waals surface area contributed by atoms with Crippen molar-refractivity contribution >= 4 is 21.6 Å². The summed E-state index contributed by atoms with van der Waals surface area (Å²) in [5.41, 5.74) is 1.43. The van der Waals surface area contributed by atoms with Crippen LogP contribution >= 0.6 is 0 Å². The molecule has 1 amide bonds. The summed E-state index contributed by atoms with van der Waals surface area (Å²) >= 11 is 0. The van der Waals surface area contributed by atoms with Crippen molar-refractivity contribution in [1.29, 1.82) is 0 Å². The number of piperazine rings is 1. The summed E-state index contributed by atoms with van der Waals surface area (Å²) in [5.74, 6) is -0.369. The molecular formula is C23H28FN3O3S. The van der Waals surface area contributed by atoms with E-state index in [2.05, 4.69) is 4.90 Å². The van der Waals surface area contributed by atoms with Gasteiger partial charge in [0.2, 0.25) is 10.0 Å². The second-order valence-electron chi connectivity index (χ2n) is 8.24. The molecule has 0 radical (unpaired) electrons. The van der Waals surface area contributed by atoms with Crippen LogP contribution in [-0.4, -0.2) is 62.3 Å². The van der Waals surface area contributed by atoms with Gasteiger partial charge in [0, 0.05) is 50.0 Å². The Labute approximate surface area is 183 Å². The summed E-state index contributed by atoms with van der Waals surface area (Å²) in [5, 5.41) is 0. The number of amides is 1. The Morgan fingerprint density at radius 3 is 2.16 bits per heavy atom. The summed E-state index contributed by atoms with van der Waals surface area (Å²) < 4.78 is 40.6. The van der Waals surface area contributed by atoms with Gasteiger partial charge in [-0.05, 0) is 68.3 Å². The molecule has 31 heavy (non-hydrogen) atoms. The van der Waals surface area contributed by atoms with Crippen LogP contribution in [0.3, 0.4) is 0 Å². The monoisotopic (exact) mass is 445 g/mol. The molecule has 1 atom stereocenters. The summed E-state index contributed by atoms with van der Waals surface area (Å²) in [6.45, 7) is 4.93. The van der Waals surface area contributed by atoms with Crippen LogP contribution in [0.5, 0.6) is 0 Å². The lowest BCUT2D eigenvalue weighted by atomic mass is 10.1. The molecule has 0 aromatic heterocycles. The molecular weight excluding hydrogens is 417 g/mol. The Hall–Kier alpha value is -2.45. The van der Waals surface area contributed by atoms with E-state index in [1.165, 1.54) is 12.1 Å². The van der Waals surface area contributed by atoms with E-state index in [0.29, 0.717) is 38.3 Å². The third kappa shape index (κ3) is 4.60. The van der Waals surface area contributed by atoms with Crippen LogP contribution in [0.1, 0.15) is 36.5 Å². The molecule has 0 N–H and O–H groups in total. The third-order valence-corrected chi connectivity index (χ3v) is 8.24. The number of hydrogen-bond donors (Lipinski definition) is 0. The first-order chi connectivity index (χ1) is 14.9. The van der Waals surface area contributed by atoms with Gasteiger partial charge in [0.25, 0.3) is 5.91 Å². The van der Waals surface area contributed by atoms with Crippen molar-refractivity contribution in [3.05, 3.63) is 59.9 Å². The van der Waals surface area contributed by atoms with Crippen molar-refractivity contribution < 1.29 is 17.6 Å². The number of anilines is 1. The van der Waals surface area contributed by atoms with Crippen molar-refractivity contribution in [1.82, 2.24) is 9.21 Å². The van der Waals surface area contributed by atoms with E-state index in [9.17, 15) is 17.6 Å². The number of benzene rings is 2. The van der Waals surface area contributed by atoms with E-state index in [4.69, 9.17) is 0 Å². The number of carbonyl (C=O) groups is 1. The SMILES string of the molecule is CC1CCCCN1S(=O)(=O)c1ccc(C(=O)N2CCN(c3ccc(F)cc3)CC2)cc1. The highest BCUT2D eigenvalue weighted by atomic mass is 32.2. The van der Waals surface area contributed by atoms with Crippen molar-refractivity contribution in [2.45, 2.75) is 37.1 Å². The summed E-state index contributed by atoms with van der Waals surface area (Å²) in [6, 6.07) is 12.7. The van der Waals surface area contributed by atoms with E-state index in [0.717, 1.165) is 24.9 Å². The second-order valence-corrected chi connectivity index (χ2v) is 10.1. The average molecular weight is 446 g/mol. The molecule has 1 unspecified atom stereocenters. The van der Waals surface area contributed by atoms with Crippen LogP contribution in [-0.2, 0) is 10.0 Å². The number of carbonyl (C=O) groups excluding carboxylic acids is 1. The maximum absolute atomic E-state index is 13.1. The molecule has 0 spiro atoms. The molecule has 0 saturated carbocycles. The Morgan fingerprint density at radius 2 is 1.55 bits per heavy atom. The molecule has 2 aliphatic rings. The minimum absolute atomic E-state index is 0.00235. The van der Waals surface area contributed by atoms with Gasteiger partial charge in [-0.2, -0.15) is 4.31 Å². The van der Waals surface area contributed by atoms with Crippen molar-refractivity contribution in [3.63, 3.8) is 0 Å². The lowest BCUT2D eigenvalue weighted by Crippen LogP contribution is -2.48. The van der Waals surface area contributed by atoms with E-state index < -0.39 is 10.0 Å². The number of hydrogen-bond acceptors (Lipinski definition) is 4. The number of nitrogens with zero attached hydrogens (tertiary/aromatic N) is 3. The van der Waals surface area contributed by atoms with Crippen LogP contribution in [0.15, 0.2) is 53.4 Å². The van der Waals surface area contributed by atoms with Crippen molar-refractivity contribution in [3.8, 4) is 0 Å². The van der Waals surface area contributed by atoms with Crippen LogP contribution in [0.2, 0.25) is 0 Å². The molecule has 0 bridgehead atoms. The van der Waals surface area contributed by atoms with E-state index in [-0.39, 0.29) is 22.7 Å². The molecule has 2 saturated heterocycles. The molecule has 0 aliphatic carbocycles.